The molecule has 0 saturated carbocycles. The highest BCUT2D eigenvalue weighted by Crippen LogP contribution is 2.54. The van der Waals surface area contributed by atoms with E-state index in [0.717, 1.165) is 33.8 Å². The second-order valence-electron chi connectivity index (χ2n) is 15.4. The number of rotatable bonds is 9. The van der Waals surface area contributed by atoms with Crippen molar-refractivity contribution in [3.63, 3.8) is 0 Å². The van der Waals surface area contributed by atoms with E-state index in [9.17, 15) is 0 Å². The smallest absolute Gasteiger partial charge is 0.0562 e. The van der Waals surface area contributed by atoms with E-state index in [-0.39, 0.29) is 5.41 Å². The maximum absolute atomic E-state index is 4.82. The van der Waals surface area contributed by atoms with Gasteiger partial charge in [-0.25, -0.2) is 0 Å². The van der Waals surface area contributed by atoms with E-state index in [1.165, 1.54) is 60.8 Å². The zero-order valence-electron chi connectivity index (χ0n) is 33.4. The molecule has 0 aliphatic heterocycles. The quantitative estimate of drug-likeness (QED) is 0.133. The first-order valence-electron chi connectivity index (χ1n) is 20.4. The van der Waals surface area contributed by atoms with Crippen molar-refractivity contribution in [3.05, 3.63) is 253 Å². The van der Waals surface area contributed by atoms with Crippen molar-refractivity contribution in [1.29, 1.82) is 0 Å². The Morgan fingerprint density at radius 1 is 0.559 bits per heavy atom. The molecule has 0 bridgehead atoms. The van der Waals surface area contributed by atoms with Crippen LogP contribution in [0.15, 0.2) is 231 Å². The fourth-order valence-corrected chi connectivity index (χ4v) is 9.40. The van der Waals surface area contributed by atoms with Crippen LogP contribution in [0.2, 0.25) is 0 Å². The van der Waals surface area contributed by atoms with Gasteiger partial charge in [-0.05, 0) is 112 Å². The van der Waals surface area contributed by atoms with Crippen LogP contribution in [0, 0.1) is 0 Å². The van der Waals surface area contributed by atoms with Gasteiger partial charge in [0.15, 0.2) is 0 Å². The molecule has 0 saturated heterocycles. The molecule has 1 unspecified atom stereocenters. The number of anilines is 2. The third kappa shape index (κ3) is 5.96. The Kier molecular flexibility index (Phi) is 9.03. The predicted octanol–water partition coefficient (Wildman–Crippen LogP) is 15.1. The number of fused-ring (bicyclic) bond motifs is 6. The van der Waals surface area contributed by atoms with Gasteiger partial charge in [0.05, 0.1) is 16.7 Å². The maximum atomic E-state index is 4.82. The van der Waals surface area contributed by atoms with Crippen LogP contribution in [-0.4, -0.2) is 4.57 Å². The molecule has 1 heterocycles. The van der Waals surface area contributed by atoms with Crippen molar-refractivity contribution in [3.8, 4) is 27.9 Å². The van der Waals surface area contributed by atoms with Crippen molar-refractivity contribution >= 4 is 38.8 Å². The van der Waals surface area contributed by atoms with Crippen LogP contribution < -0.4 is 4.90 Å². The van der Waals surface area contributed by atoms with Crippen LogP contribution in [0.25, 0.3) is 55.3 Å². The zero-order valence-corrected chi connectivity index (χ0v) is 33.4. The molecule has 0 amide bonds. The standard InChI is InChI=1S/C57H44N2/c1-4-41(47-28-18-30-51-55(47)48-26-14-16-29-50(48)57(51,3)44-22-10-6-11-23-44)35-34-40(2)58(46-38-36-43(37-39-46)42-20-8-5-9-21-42)53-32-19-33-54-56(53)49-27-15-17-31-52(49)59(54)45-24-12-7-13-25-45/h4-39H,2H2,1,3H3. The first-order chi connectivity index (χ1) is 29.1. The Hall–Kier alpha value is -7.42. The molecule has 0 radical (unpaired) electrons. The monoisotopic (exact) mass is 756 g/mol. The predicted molar refractivity (Wildman–Crippen MR) is 251 cm³/mol. The lowest BCUT2D eigenvalue weighted by Gasteiger charge is -2.28. The lowest BCUT2D eigenvalue weighted by Crippen LogP contribution is -2.22. The normalized spacial score (nSPS) is 14.8. The Balaban J connectivity index is 1.12. The summed E-state index contributed by atoms with van der Waals surface area (Å²) in [4.78, 5) is 2.32. The second kappa shape index (κ2) is 14.8. The molecule has 0 N–H and O–H groups in total. The van der Waals surface area contributed by atoms with Crippen molar-refractivity contribution in [2.45, 2.75) is 19.3 Å². The lowest BCUT2D eigenvalue weighted by molar-refractivity contribution is 0.714. The van der Waals surface area contributed by atoms with Crippen LogP contribution in [0.1, 0.15) is 36.1 Å². The van der Waals surface area contributed by atoms with E-state index in [1.54, 1.807) is 0 Å². The number of hydrogen-bond acceptors (Lipinski definition) is 1. The van der Waals surface area contributed by atoms with Crippen molar-refractivity contribution in [2.75, 3.05) is 4.90 Å². The summed E-state index contributed by atoms with van der Waals surface area (Å²) < 4.78 is 2.37. The van der Waals surface area contributed by atoms with Crippen LogP contribution in [0.5, 0.6) is 0 Å². The van der Waals surface area contributed by atoms with Crippen LogP contribution in [0.3, 0.4) is 0 Å². The summed E-state index contributed by atoms with van der Waals surface area (Å²) in [5, 5.41) is 2.37. The Labute approximate surface area is 347 Å². The molecule has 1 atom stereocenters. The fourth-order valence-electron chi connectivity index (χ4n) is 9.40. The summed E-state index contributed by atoms with van der Waals surface area (Å²) in [6, 6.07) is 72.1. The van der Waals surface area contributed by atoms with Gasteiger partial charge in [0.2, 0.25) is 0 Å². The summed E-state index contributed by atoms with van der Waals surface area (Å²) in [6.07, 6.45) is 6.66. The number of allylic oxidation sites excluding steroid dienone is 4. The van der Waals surface area contributed by atoms with Gasteiger partial charge in [0, 0.05) is 33.3 Å². The summed E-state index contributed by atoms with van der Waals surface area (Å²) >= 11 is 0. The third-order valence-electron chi connectivity index (χ3n) is 12.2. The van der Waals surface area contributed by atoms with Gasteiger partial charge in [-0.15, -0.1) is 0 Å². The van der Waals surface area contributed by atoms with E-state index in [4.69, 9.17) is 6.58 Å². The molecule has 2 heteroatoms. The molecule has 9 aromatic rings. The molecule has 8 aromatic carbocycles. The maximum Gasteiger partial charge on any atom is 0.0562 e. The van der Waals surface area contributed by atoms with Crippen molar-refractivity contribution in [2.24, 2.45) is 0 Å². The molecule has 1 aliphatic carbocycles. The minimum atomic E-state index is -0.268. The number of nitrogens with zero attached hydrogens (tertiary/aromatic N) is 2. The van der Waals surface area contributed by atoms with Gasteiger partial charge in [0.25, 0.3) is 0 Å². The third-order valence-corrected chi connectivity index (χ3v) is 12.2. The molecule has 1 aromatic heterocycles. The van der Waals surface area contributed by atoms with Gasteiger partial charge in [-0.2, -0.15) is 0 Å². The average molecular weight is 757 g/mol. The minimum Gasteiger partial charge on any atom is -0.310 e. The lowest BCUT2D eigenvalue weighted by atomic mass is 9.74. The van der Waals surface area contributed by atoms with Crippen LogP contribution in [0.4, 0.5) is 11.4 Å². The number of aromatic nitrogens is 1. The summed E-state index contributed by atoms with van der Waals surface area (Å²) in [7, 11) is 0. The molecule has 10 rings (SSSR count). The number of hydrogen-bond donors (Lipinski definition) is 0. The summed E-state index contributed by atoms with van der Waals surface area (Å²) in [6.45, 7) is 9.33. The first kappa shape index (κ1) is 36.0. The molecule has 1 aliphatic rings. The summed E-state index contributed by atoms with van der Waals surface area (Å²) in [5.41, 5.74) is 17.4. The zero-order chi connectivity index (χ0) is 39.9. The van der Waals surface area contributed by atoms with Crippen LogP contribution in [-0.2, 0) is 5.41 Å². The average Bonchev–Trinajstić information content (AvgIpc) is 3.78. The molecular weight excluding hydrogens is 713 g/mol. The van der Waals surface area contributed by atoms with Gasteiger partial charge in [-0.3, -0.25) is 0 Å². The van der Waals surface area contributed by atoms with Gasteiger partial charge in [-0.1, -0.05) is 176 Å². The molecule has 2 nitrogen and oxygen atoms in total. The Morgan fingerprint density at radius 2 is 1.17 bits per heavy atom. The SMILES string of the molecule is C=C(C=CC(=CC)c1cccc2c1-c1ccccc1C2(C)c1ccccc1)N(c1ccc(-c2ccccc2)cc1)c1cccc2c1c1ccccc1n2-c1ccccc1. The molecular formula is C57H44N2. The number of para-hydroxylation sites is 2. The minimum absolute atomic E-state index is 0.268. The van der Waals surface area contributed by atoms with Gasteiger partial charge < -0.3 is 9.47 Å². The van der Waals surface area contributed by atoms with E-state index >= 15 is 0 Å². The topological polar surface area (TPSA) is 8.17 Å². The number of benzene rings is 8. The molecule has 0 spiro atoms. The molecule has 0 fully saturated rings. The Bertz CT molecular complexity index is 3060. The largest absolute Gasteiger partial charge is 0.310 e. The van der Waals surface area contributed by atoms with Crippen LogP contribution >= 0.6 is 0 Å². The van der Waals surface area contributed by atoms with E-state index in [1.807, 2.05) is 0 Å². The molecule has 59 heavy (non-hydrogen) atoms. The van der Waals surface area contributed by atoms with Crippen molar-refractivity contribution in [1.82, 2.24) is 4.57 Å². The fraction of sp³-hybridized carbons (Fsp3) is 0.0526. The van der Waals surface area contributed by atoms with Crippen molar-refractivity contribution < 1.29 is 0 Å². The highest BCUT2D eigenvalue weighted by atomic mass is 15.1. The van der Waals surface area contributed by atoms with E-state index in [2.05, 4.69) is 242 Å². The highest BCUT2D eigenvalue weighted by Gasteiger charge is 2.41. The first-order valence-corrected chi connectivity index (χ1v) is 20.4. The van der Waals surface area contributed by atoms with Gasteiger partial charge in [0.1, 0.15) is 0 Å². The summed E-state index contributed by atoms with van der Waals surface area (Å²) in [5.74, 6) is 0. The second-order valence-corrected chi connectivity index (χ2v) is 15.4. The Morgan fingerprint density at radius 3 is 1.93 bits per heavy atom. The molecule has 282 valence electrons. The van der Waals surface area contributed by atoms with E-state index in [0.29, 0.717) is 0 Å². The van der Waals surface area contributed by atoms with E-state index < -0.39 is 0 Å². The highest BCUT2D eigenvalue weighted by molar-refractivity contribution is 6.16. The van der Waals surface area contributed by atoms with Gasteiger partial charge >= 0.3 is 0 Å².